The Balaban J connectivity index is 2.47. The molecule has 1 heterocycles. The van der Waals surface area contributed by atoms with Crippen molar-refractivity contribution in [3.05, 3.63) is 39.4 Å². The fourth-order valence-corrected chi connectivity index (χ4v) is 2.92. The Morgan fingerprint density at radius 1 is 1.53 bits per heavy atom. The van der Waals surface area contributed by atoms with Gasteiger partial charge in [0.1, 0.15) is 0 Å². The number of hydrogen-bond donors (Lipinski definition) is 1. The third kappa shape index (κ3) is 2.92. The van der Waals surface area contributed by atoms with Crippen molar-refractivity contribution in [2.45, 2.75) is 13.3 Å². The summed E-state index contributed by atoms with van der Waals surface area (Å²) in [7, 11) is 0. The van der Waals surface area contributed by atoms with Crippen molar-refractivity contribution in [2.24, 2.45) is 0 Å². The van der Waals surface area contributed by atoms with Crippen LogP contribution in [0.25, 0.3) is 10.4 Å². The van der Waals surface area contributed by atoms with Gasteiger partial charge < -0.3 is 5.11 Å². The Morgan fingerprint density at radius 3 is 2.94 bits per heavy atom. The molecule has 1 aromatic carbocycles. The van der Waals surface area contributed by atoms with Crippen LogP contribution in [0.1, 0.15) is 10.7 Å². The second-order valence-electron chi connectivity index (χ2n) is 3.59. The highest BCUT2D eigenvalue weighted by Crippen LogP contribution is 2.31. The molecule has 0 aliphatic carbocycles. The van der Waals surface area contributed by atoms with Crippen LogP contribution in [0.15, 0.2) is 28.7 Å². The van der Waals surface area contributed by atoms with E-state index < -0.39 is 5.97 Å². The van der Waals surface area contributed by atoms with Crippen LogP contribution in [0.4, 0.5) is 0 Å². The Labute approximate surface area is 111 Å². The Hall–Kier alpha value is -1.20. The van der Waals surface area contributed by atoms with Crippen LogP contribution in [0.2, 0.25) is 0 Å². The molecule has 0 spiro atoms. The molecule has 0 radical (unpaired) electrons. The molecule has 0 aliphatic rings. The molecule has 2 rings (SSSR count). The Morgan fingerprint density at radius 2 is 2.29 bits per heavy atom. The molecule has 17 heavy (non-hydrogen) atoms. The fourth-order valence-electron chi connectivity index (χ4n) is 1.59. The third-order valence-corrected chi connectivity index (χ3v) is 3.77. The number of aromatic nitrogens is 1. The maximum atomic E-state index is 10.8. The van der Waals surface area contributed by atoms with E-state index in [1.165, 1.54) is 11.3 Å². The molecule has 0 aliphatic heterocycles. The normalized spacial score (nSPS) is 10.5. The maximum Gasteiger partial charge on any atom is 0.309 e. The fraction of sp³-hybridized carbons (Fsp3) is 0.167. The van der Waals surface area contributed by atoms with Gasteiger partial charge in [-0.2, -0.15) is 0 Å². The van der Waals surface area contributed by atoms with Crippen LogP contribution in [0.3, 0.4) is 0 Å². The first-order valence-corrected chi connectivity index (χ1v) is 6.61. The number of rotatable bonds is 3. The molecule has 0 fully saturated rings. The highest BCUT2D eigenvalue weighted by molar-refractivity contribution is 9.10. The second kappa shape index (κ2) is 4.98. The standard InChI is InChI=1S/C12H10BrNO2S/c1-7-14-10(6-11(15)16)12(17-7)8-3-2-4-9(13)5-8/h2-5H,6H2,1H3,(H,15,16). The van der Waals surface area contributed by atoms with Crippen LogP contribution in [-0.2, 0) is 11.2 Å². The van der Waals surface area contributed by atoms with Gasteiger partial charge >= 0.3 is 5.97 Å². The number of benzene rings is 1. The number of carbonyl (C=O) groups is 1. The van der Waals surface area contributed by atoms with Crippen molar-refractivity contribution in [1.82, 2.24) is 4.98 Å². The van der Waals surface area contributed by atoms with Gasteiger partial charge in [0.05, 0.1) is 22.0 Å². The lowest BCUT2D eigenvalue weighted by Gasteiger charge is -2.01. The van der Waals surface area contributed by atoms with Crippen molar-refractivity contribution >= 4 is 33.2 Å². The average molecular weight is 312 g/mol. The van der Waals surface area contributed by atoms with Gasteiger partial charge in [-0.25, -0.2) is 4.98 Å². The predicted octanol–water partition coefficient (Wildman–Crippen LogP) is 3.51. The SMILES string of the molecule is Cc1nc(CC(=O)O)c(-c2cccc(Br)c2)s1. The maximum absolute atomic E-state index is 10.8. The summed E-state index contributed by atoms with van der Waals surface area (Å²) in [6.07, 6.45) is -0.0355. The predicted molar refractivity (Wildman–Crippen MR) is 71.3 cm³/mol. The zero-order valence-corrected chi connectivity index (χ0v) is 11.5. The second-order valence-corrected chi connectivity index (χ2v) is 5.71. The number of thiazole rings is 1. The first kappa shape index (κ1) is 12.3. The number of nitrogens with zero attached hydrogens (tertiary/aromatic N) is 1. The largest absolute Gasteiger partial charge is 0.481 e. The van der Waals surface area contributed by atoms with E-state index in [9.17, 15) is 4.79 Å². The number of hydrogen-bond acceptors (Lipinski definition) is 3. The van der Waals surface area contributed by atoms with Gasteiger partial charge in [-0.1, -0.05) is 28.1 Å². The third-order valence-electron chi connectivity index (χ3n) is 2.21. The van der Waals surface area contributed by atoms with E-state index in [1.54, 1.807) is 0 Å². The van der Waals surface area contributed by atoms with Gasteiger partial charge in [0, 0.05) is 4.47 Å². The molecule has 0 bridgehead atoms. The zero-order chi connectivity index (χ0) is 12.4. The van der Waals surface area contributed by atoms with Crippen molar-refractivity contribution < 1.29 is 9.90 Å². The van der Waals surface area contributed by atoms with Crippen LogP contribution < -0.4 is 0 Å². The molecule has 88 valence electrons. The molecular formula is C12H10BrNO2S. The van der Waals surface area contributed by atoms with Gasteiger partial charge in [-0.05, 0) is 24.6 Å². The minimum absolute atomic E-state index is 0.0355. The Bertz CT molecular complexity index is 565. The molecule has 5 heteroatoms. The van der Waals surface area contributed by atoms with E-state index in [2.05, 4.69) is 20.9 Å². The van der Waals surface area contributed by atoms with Crippen LogP contribution in [0.5, 0.6) is 0 Å². The first-order chi connectivity index (χ1) is 8.06. The lowest BCUT2D eigenvalue weighted by atomic mass is 10.1. The summed E-state index contributed by atoms with van der Waals surface area (Å²) in [5, 5.41) is 9.74. The van der Waals surface area contributed by atoms with Crippen molar-refractivity contribution in [2.75, 3.05) is 0 Å². The highest BCUT2D eigenvalue weighted by atomic mass is 79.9. The van der Waals surface area contributed by atoms with E-state index in [1.807, 2.05) is 31.2 Å². The van der Waals surface area contributed by atoms with Crippen molar-refractivity contribution in [1.29, 1.82) is 0 Å². The number of aryl methyl sites for hydroxylation is 1. The summed E-state index contributed by atoms with van der Waals surface area (Å²) < 4.78 is 0.974. The summed E-state index contributed by atoms with van der Waals surface area (Å²) in [5.74, 6) is -0.855. The summed E-state index contributed by atoms with van der Waals surface area (Å²) in [6.45, 7) is 1.89. The van der Waals surface area contributed by atoms with Gasteiger partial charge in [-0.15, -0.1) is 11.3 Å². The van der Waals surface area contributed by atoms with Crippen molar-refractivity contribution in [3.63, 3.8) is 0 Å². The lowest BCUT2D eigenvalue weighted by molar-refractivity contribution is -0.136. The van der Waals surface area contributed by atoms with E-state index in [0.29, 0.717) is 5.69 Å². The van der Waals surface area contributed by atoms with Gasteiger partial charge in [0.25, 0.3) is 0 Å². The monoisotopic (exact) mass is 311 g/mol. The molecule has 0 atom stereocenters. The minimum Gasteiger partial charge on any atom is -0.481 e. The summed E-state index contributed by atoms with van der Waals surface area (Å²) in [6, 6.07) is 7.80. The molecule has 3 nitrogen and oxygen atoms in total. The molecule has 0 unspecified atom stereocenters. The van der Waals surface area contributed by atoms with Crippen LogP contribution >= 0.6 is 27.3 Å². The molecule has 0 saturated carbocycles. The van der Waals surface area contributed by atoms with Gasteiger partial charge in [0.2, 0.25) is 0 Å². The van der Waals surface area contributed by atoms with Crippen LogP contribution in [0, 0.1) is 6.92 Å². The van der Waals surface area contributed by atoms with Crippen LogP contribution in [-0.4, -0.2) is 16.1 Å². The molecular weight excluding hydrogens is 302 g/mol. The van der Waals surface area contributed by atoms with Gasteiger partial charge in [0.15, 0.2) is 0 Å². The quantitative estimate of drug-likeness (QED) is 0.943. The molecule has 1 N–H and O–H groups in total. The number of carboxylic acid groups (broad SMARTS) is 1. The number of carboxylic acids is 1. The average Bonchev–Trinajstić information content (AvgIpc) is 2.58. The topological polar surface area (TPSA) is 50.2 Å². The van der Waals surface area contributed by atoms with E-state index in [4.69, 9.17) is 5.11 Å². The molecule has 1 aromatic heterocycles. The van der Waals surface area contributed by atoms with E-state index in [-0.39, 0.29) is 6.42 Å². The lowest BCUT2D eigenvalue weighted by Crippen LogP contribution is -2.01. The smallest absolute Gasteiger partial charge is 0.309 e. The number of aliphatic carboxylic acids is 1. The minimum atomic E-state index is -0.855. The molecule has 0 amide bonds. The highest BCUT2D eigenvalue weighted by Gasteiger charge is 2.14. The molecule has 2 aromatic rings. The summed E-state index contributed by atoms with van der Waals surface area (Å²) >= 11 is 4.93. The number of halogens is 1. The zero-order valence-electron chi connectivity index (χ0n) is 9.11. The summed E-state index contributed by atoms with van der Waals surface area (Å²) in [4.78, 5) is 16.0. The molecule has 0 saturated heterocycles. The van der Waals surface area contributed by atoms with Gasteiger partial charge in [-0.3, -0.25) is 4.79 Å². The van der Waals surface area contributed by atoms with E-state index in [0.717, 1.165) is 19.9 Å². The summed E-state index contributed by atoms with van der Waals surface area (Å²) in [5.41, 5.74) is 1.64. The first-order valence-electron chi connectivity index (χ1n) is 5.00. The Kier molecular flexibility index (Phi) is 3.59. The van der Waals surface area contributed by atoms with Crippen molar-refractivity contribution in [3.8, 4) is 10.4 Å². The van der Waals surface area contributed by atoms with E-state index >= 15 is 0 Å².